The smallest absolute Gasteiger partial charge is 0.257 e. The third-order valence-corrected chi connectivity index (χ3v) is 7.69. The van der Waals surface area contributed by atoms with E-state index in [0.717, 1.165) is 15.7 Å². The molecule has 1 heterocycles. The van der Waals surface area contributed by atoms with Gasteiger partial charge in [-0.3, -0.25) is 14.4 Å². The van der Waals surface area contributed by atoms with Crippen LogP contribution in [0.3, 0.4) is 0 Å². The summed E-state index contributed by atoms with van der Waals surface area (Å²) >= 11 is 2.94. The summed E-state index contributed by atoms with van der Waals surface area (Å²) in [5, 5.41) is 11.3. The van der Waals surface area contributed by atoms with E-state index in [4.69, 9.17) is 0 Å². The van der Waals surface area contributed by atoms with Crippen LogP contribution in [-0.4, -0.2) is 36.5 Å². The standard InChI is InChI=1S/C21H24N4O3S3/c1-15(2)14-29-21-24-23-20(30-21)22-19(26)17-9-11-18(12-10-17)25(31(3,27)28)13-16-7-5-4-6-8-16/h4-12,15H,13-14H2,1-3H3,(H,22,23,26). The Labute approximate surface area is 191 Å². The molecule has 0 saturated carbocycles. The highest BCUT2D eigenvalue weighted by Gasteiger charge is 2.19. The fourth-order valence-electron chi connectivity index (χ4n) is 2.65. The maximum Gasteiger partial charge on any atom is 0.257 e. The normalized spacial score (nSPS) is 11.5. The van der Waals surface area contributed by atoms with Crippen molar-refractivity contribution >= 4 is 49.8 Å². The molecule has 0 saturated heterocycles. The molecule has 0 bridgehead atoms. The van der Waals surface area contributed by atoms with Gasteiger partial charge in [0.15, 0.2) is 4.34 Å². The second-order valence-electron chi connectivity index (χ2n) is 7.33. The molecule has 7 nitrogen and oxygen atoms in total. The number of hydrogen-bond donors (Lipinski definition) is 1. The van der Waals surface area contributed by atoms with E-state index in [1.165, 1.54) is 21.9 Å². The summed E-state index contributed by atoms with van der Waals surface area (Å²) in [6, 6.07) is 15.8. The third kappa shape index (κ3) is 6.78. The van der Waals surface area contributed by atoms with Gasteiger partial charge in [-0.15, -0.1) is 10.2 Å². The molecule has 0 fully saturated rings. The second kappa shape index (κ2) is 10.3. The first-order chi connectivity index (χ1) is 14.7. The van der Waals surface area contributed by atoms with Gasteiger partial charge in [0.25, 0.3) is 5.91 Å². The molecular weight excluding hydrogens is 452 g/mol. The topological polar surface area (TPSA) is 92.3 Å². The molecule has 0 atom stereocenters. The Kier molecular flexibility index (Phi) is 7.69. The second-order valence-corrected chi connectivity index (χ2v) is 11.5. The van der Waals surface area contributed by atoms with Gasteiger partial charge in [0.1, 0.15) is 0 Å². The van der Waals surface area contributed by atoms with Crippen LogP contribution in [0.2, 0.25) is 0 Å². The predicted octanol–water partition coefficient (Wildman–Crippen LogP) is 4.50. The van der Waals surface area contributed by atoms with Crippen molar-refractivity contribution in [3.05, 3.63) is 65.7 Å². The molecule has 0 aliphatic carbocycles. The van der Waals surface area contributed by atoms with Gasteiger partial charge in [-0.25, -0.2) is 8.42 Å². The van der Waals surface area contributed by atoms with Gasteiger partial charge in [-0.1, -0.05) is 67.3 Å². The highest BCUT2D eigenvalue weighted by atomic mass is 32.2. The number of carbonyl (C=O) groups is 1. The molecule has 0 aliphatic heterocycles. The fraction of sp³-hybridized carbons (Fsp3) is 0.286. The Morgan fingerprint density at radius 1 is 1.10 bits per heavy atom. The zero-order valence-corrected chi connectivity index (χ0v) is 19.9. The quantitative estimate of drug-likeness (QED) is 0.361. The van der Waals surface area contributed by atoms with Crippen LogP contribution in [0.1, 0.15) is 29.8 Å². The van der Waals surface area contributed by atoms with E-state index in [1.54, 1.807) is 36.0 Å². The van der Waals surface area contributed by atoms with Crippen molar-refractivity contribution in [1.82, 2.24) is 10.2 Å². The van der Waals surface area contributed by atoms with Crippen molar-refractivity contribution in [2.24, 2.45) is 5.92 Å². The molecule has 0 spiro atoms. The van der Waals surface area contributed by atoms with Crippen LogP contribution < -0.4 is 9.62 Å². The van der Waals surface area contributed by atoms with E-state index in [1.807, 2.05) is 30.3 Å². The third-order valence-electron chi connectivity index (χ3n) is 4.15. The number of benzene rings is 2. The van der Waals surface area contributed by atoms with Crippen LogP contribution in [-0.2, 0) is 16.6 Å². The van der Waals surface area contributed by atoms with Gasteiger partial charge in [0.05, 0.1) is 18.5 Å². The summed E-state index contributed by atoms with van der Waals surface area (Å²) in [5.74, 6) is 1.15. The summed E-state index contributed by atoms with van der Waals surface area (Å²) < 4.78 is 26.8. The van der Waals surface area contributed by atoms with E-state index in [9.17, 15) is 13.2 Å². The van der Waals surface area contributed by atoms with Crippen LogP contribution in [0.15, 0.2) is 58.9 Å². The molecule has 10 heteroatoms. The Hall–Kier alpha value is -2.43. The minimum absolute atomic E-state index is 0.215. The molecule has 2 aromatic carbocycles. The van der Waals surface area contributed by atoms with Crippen molar-refractivity contribution in [2.45, 2.75) is 24.7 Å². The van der Waals surface area contributed by atoms with Crippen LogP contribution in [0.4, 0.5) is 10.8 Å². The lowest BCUT2D eigenvalue weighted by atomic mass is 10.2. The first-order valence-electron chi connectivity index (χ1n) is 9.61. The fourth-order valence-corrected chi connectivity index (χ4v) is 5.27. The summed E-state index contributed by atoms with van der Waals surface area (Å²) in [6.45, 7) is 4.48. The average molecular weight is 477 g/mol. The molecule has 1 aromatic heterocycles. The Balaban J connectivity index is 1.70. The van der Waals surface area contributed by atoms with Gasteiger partial charge < -0.3 is 0 Å². The maximum absolute atomic E-state index is 12.5. The molecule has 31 heavy (non-hydrogen) atoms. The first kappa shape index (κ1) is 23.2. The van der Waals surface area contributed by atoms with E-state index in [2.05, 4.69) is 29.4 Å². The number of nitrogens with one attached hydrogen (secondary N) is 1. The zero-order chi connectivity index (χ0) is 22.4. The molecule has 1 amide bonds. The number of anilines is 2. The highest BCUT2D eigenvalue weighted by molar-refractivity contribution is 8.01. The first-order valence-corrected chi connectivity index (χ1v) is 13.3. The van der Waals surface area contributed by atoms with E-state index >= 15 is 0 Å². The Morgan fingerprint density at radius 3 is 2.39 bits per heavy atom. The summed E-state index contributed by atoms with van der Waals surface area (Å²) in [5.41, 5.74) is 1.77. The van der Waals surface area contributed by atoms with E-state index in [0.29, 0.717) is 22.3 Å². The number of carbonyl (C=O) groups excluding carboxylic acids is 1. The number of amides is 1. The van der Waals surface area contributed by atoms with Crippen molar-refractivity contribution in [3.63, 3.8) is 0 Å². The van der Waals surface area contributed by atoms with Crippen molar-refractivity contribution < 1.29 is 13.2 Å². The molecular formula is C21H24N4O3S3. The minimum Gasteiger partial charge on any atom is -0.296 e. The van der Waals surface area contributed by atoms with Crippen LogP contribution in [0.5, 0.6) is 0 Å². The average Bonchev–Trinajstić information content (AvgIpc) is 3.18. The predicted molar refractivity (Wildman–Crippen MR) is 127 cm³/mol. The lowest BCUT2D eigenvalue weighted by Crippen LogP contribution is -2.29. The zero-order valence-electron chi connectivity index (χ0n) is 17.5. The Bertz CT molecular complexity index is 1110. The maximum atomic E-state index is 12.5. The SMILES string of the molecule is CC(C)CSc1nnc(NC(=O)c2ccc(N(Cc3ccccc3)S(C)(=O)=O)cc2)s1. The number of nitrogens with zero attached hydrogens (tertiary/aromatic N) is 3. The molecule has 3 rings (SSSR count). The summed E-state index contributed by atoms with van der Waals surface area (Å²) in [7, 11) is -3.49. The number of aromatic nitrogens is 2. The molecule has 0 aliphatic rings. The van der Waals surface area contributed by atoms with Crippen LogP contribution in [0, 0.1) is 5.92 Å². The van der Waals surface area contributed by atoms with E-state index in [-0.39, 0.29) is 12.5 Å². The molecule has 1 N–H and O–H groups in total. The van der Waals surface area contributed by atoms with Crippen LogP contribution >= 0.6 is 23.1 Å². The van der Waals surface area contributed by atoms with Crippen molar-refractivity contribution in [3.8, 4) is 0 Å². The van der Waals surface area contributed by atoms with Crippen molar-refractivity contribution in [2.75, 3.05) is 21.6 Å². The lowest BCUT2D eigenvalue weighted by molar-refractivity contribution is 0.102. The summed E-state index contributed by atoms with van der Waals surface area (Å²) in [6.07, 6.45) is 1.17. The molecule has 0 unspecified atom stereocenters. The number of rotatable bonds is 9. The number of hydrogen-bond acceptors (Lipinski definition) is 7. The molecule has 3 aromatic rings. The monoisotopic (exact) mass is 476 g/mol. The van der Waals surface area contributed by atoms with Gasteiger partial charge in [-0.2, -0.15) is 0 Å². The van der Waals surface area contributed by atoms with Crippen molar-refractivity contribution in [1.29, 1.82) is 0 Å². The molecule has 0 radical (unpaired) electrons. The van der Waals surface area contributed by atoms with Gasteiger partial charge >= 0.3 is 0 Å². The minimum atomic E-state index is -3.49. The number of thioether (sulfide) groups is 1. The highest BCUT2D eigenvalue weighted by Crippen LogP contribution is 2.27. The summed E-state index contributed by atoms with van der Waals surface area (Å²) in [4.78, 5) is 12.5. The van der Waals surface area contributed by atoms with Gasteiger partial charge in [-0.05, 0) is 35.7 Å². The number of sulfonamides is 1. The van der Waals surface area contributed by atoms with Crippen LogP contribution in [0.25, 0.3) is 0 Å². The van der Waals surface area contributed by atoms with Gasteiger partial charge in [0.2, 0.25) is 15.2 Å². The largest absolute Gasteiger partial charge is 0.296 e. The van der Waals surface area contributed by atoms with E-state index < -0.39 is 10.0 Å². The molecule has 164 valence electrons. The van der Waals surface area contributed by atoms with Gasteiger partial charge in [0, 0.05) is 11.3 Å². The Morgan fingerprint density at radius 2 is 1.77 bits per heavy atom. The lowest BCUT2D eigenvalue weighted by Gasteiger charge is -2.22.